The zero-order valence-electron chi connectivity index (χ0n) is 19.6. The molecule has 1 unspecified atom stereocenters. The number of phenolic OH excluding ortho intramolecular Hbond substituents is 1. The quantitative estimate of drug-likeness (QED) is 0.307. The second-order valence-electron chi connectivity index (χ2n) is 8.49. The third kappa shape index (κ3) is 4.03. The first-order valence-electron chi connectivity index (χ1n) is 11.1. The first-order chi connectivity index (χ1) is 16.2. The lowest BCUT2D eigenvalue weighted by atomic mass is 9.93. The van der Waals surface area contributed by atoms with Crippen LogP contribution in [0.2, 0.25) is 0 Å². The molecule has 0 aliphatic carbocycles. The Morgan fingerprint density at radius 1 is 0.971 bits per heavy atom. The van der Waals surface area contributed by atoms with Gasteiger partial charge in [-0.1, -0.05) is 35.9 Å². The van der Waals surface area contributed by atoms with Crippen molar-refractivity contribution < 1.29 is 24.5 Å². The average Bonchev–Trinajstić information content (AvgIpc) is 3.07. The maximum absolute atomic E-state index is 13.3. The van der Waals surface area contributed by atoms with Crippen LogP contribution in [0.4, 0.5) is 5.69 Å². The van der Waals surface area contributed by atoms with Crippen LogP contribution in [0.5, 0.6) is 11.5 Å². The second-order valence-corrected chi connectivity index (χ2v) is 8.49. The van der Waals surface area contributed by atoms with Crippen LogP contribution in [0.15, 0.2) is 66.2 Å². The van der Waals surface area contributed by atoms with Crippen molar-refractivity contribution in [2.45, 2.75) is 33.7 Å². The summed E-state index contributed by atoms with van der Waals surface area (Å²) < 4.78 is 5.58. The molecule has 1 saturated heterocycles. The lowest BCUT2D eigenvalue weighted by Crippen LogP contribution is -2.29. The first kappa shape index (κ1) is 23.1. The number of phenols is 1. The van der Waals surface area contributed by atoms with Crippen molar-refractivity contribution in [2.75, 3.05) is 11.5 Å². The van der Waals surface area contributed by atoms with Crippen molar-refractivity contribution >= 4 is 23.1 Å². The van der Waals surface area contributed by atoms with Crippen LogP contribution in [0.3, 0.4) is 0 Å². The summed E-state index contributed by atoms with van der Waals surface area (Å²) in [5.74, 6) is -1.33. The standard InChI is InChI=1S/C28H27NO5/c1-5-34-23-12-10-20(15-18(23)4)26(31)24-25(19-8-6-7-16(2)13-19)29(28(33)27(24)32)21-14-17(3)9-11-22(21)30/h6-15,25,30-31H,5H2,1-4H3/b26-24-. The zero-order chi connectivity index (χ0) is 24.6. The summed E-state index contributed by atoms with van der Waals surface area (Å²) in [5, 5.41) is 21.9. The molecule has 0 aromatic heterocycles. The van der Waals surface area contributed by atoms with E-state index in [1.807, 2.05) is 45.9 Å². The van der Waals surface area contributed by atoms with Gasteiger partial charge in [0, 0.05) is 5.56 Å². The van der Waals surface area contributed by atoms with Gasteiger partial charge in [-0.25, -0.2) is 0 Å². The van der Waals surface area contributed by atoms with E-state index in [-0.39, 0.29) is 22.8 Å². The number of aromatic hydroxyl groups is 1. The van der Waals surface area contributed by atoms with Gasteiger partial charge in [0.05, 0.1) is 23.9 Å². The molecule has 174 valence electrons. The van der Waals surface area contributed by atoms with Crippen molar-refractivity contribution in [2.24, 2.45) is 0 Å². The van der Waals surface area contributed by atoms with E-state index in [9.17, 15) is 19.8 Å². The predicted molar refractivity (Wildman–Crippen MR) is 131 cm³/mol. The lowest BCUT2D eigenvalue weighted by Gasteiger charge is -2.26. The van der Waals surface area contributed by atoms with E-state index >= 15 is 0 Å². The predicted octanol–water partition coefficient (Wildman–Crippen LogP) is 5.34. The van der Waals surface area contributed by atoms with Crippen LogP contribution in [0, 0.1) is 20.8 Å². The topological polar surface area (TPSA) is 87.1 Å². The number of rotatable bonds is 5. The molecule has 0 spiro atoms. The molecule has 1 amide bonds. The first-order valence-corrected chi connectivity index (χ1v) is 11.1. The zero-order valence-corrected chi connectivity index (χ0v) is 19.6. The van der Waals surface area contributed by atoms with Gasteiger partial charge in [-0.2, -0.15) is 0 Å². The second kappa shape index (κ2) is 9.06. The highest BCUT2D eigenvalue weighted by Crippen LogP contribution is 2.45. The van der Waals surface area contributed by atoms with E-state index in [1.54, 1.807) is 36.4 Å². The summed E-state index contributed by atoms with van der Waals surface area (Å²) in [6.07, 6.45) is 0. The monoisotopic (exact) mass is 457 g/mol. The summed E-state index contributed by atoms with van der Waals surface area (Å²) in [4.78, 5) is 27.9. The van der Waals surface area contributed by atoms with Crippen LogP contribution < -0.4 is 9.64 Å². The van der Waals surface area contributed by atoms with Gasteiger partial charge in [0.2, 0.25) is 0 Å². The molecule has 1 aliphatic heterocycles. The Balaban J connectivity index is 1.95. The number of aryl methyl sites for hydroxylation is 3. The van der Waals surface area contributed by atoms with Crippen LogP contribution in [-0.2, 0) is 9.59 Å². The minimum absolute atomic E-state index is 0.0277. The summed E-state index contributed by atoms with van der Waals surface area (Å²) in [5.41, 5.74) is 3.81. The molecule has 6 heteroatoms. The summed E-state index contributed by atoms with van der Waals surface area (Å²) in [7, 11) is 0. The fourth-order valence-electron chi connectivity index (χ4n) is 4.33. The molecular weight excluding hydrogens is 430 g/mol. The molecule has 6 nitrogen and oxygen atoms in total. The van der Waals surface area contributed by atoms with Gasteiger partial charge in [0.1, 0.15) is 17.3 Å². The van der Waals surface area contributed by atoms with Gasteiger partial charge < -0.3 is 14.9 Å². The molecule has 3 aromatic rings. The minimum Gasteiger partial charge on any atom is -0.507 e. The Morgan fingerprint density at radius 3 is 2.38 bits per heavy atom. The average molecular weight is 458 g/mol. The Morgan fingerprint density at radius 2 is 1.71 bits per heavy atom. The molecule has 1 aliphatic rings. The fraction of sp³-hybridized carbons (Fsp3) is 0.214. The maximum atomic E-state index is 13.3. The molecule has 1 heterocycles. The number of aliphatic hydroxyl groups is 1. The number of hydrogen-bond acceptors (Lipinski definition) is 5. The minimum atomic E-state index is -0.903. The van der Waals surface area contributed by atoms with Crippen molar-refractivity contribution in [1.82, 2.24) is 0 Å². The molecule has 1 atom stereocenters. The number of anilines is 1. The lowest BCUT2D eigenvalue weighted by molar-refractivity contribution is -0.132. The number of aliphatic hydroxyl groups excluding tert-OH is 1. The van der Waals surface area contributed by atoms with Gasteiger partial charge in [0.25, 0.3) is 11.7 Å². The van der Waals surface area contributed by atoms with Gasteiger partial charge in [-0.15, -0.1) is 0 Å². The summed E-state index contributed by atoms with van der Waals surface area (Å²) in [6.45, 7) is 7.99. The SMILES string of the molecule is CCOc1ccc(/C(O)=C2/C(=O)C(=O)N(c3cc(C)ccc3O)C2c2cccc(C)c2)cc1C. The molecule has 0 bridgehead atoms. The van der Waals surface area contributed by atoms with Crippen LogP contribution in [-0.4, -0.2) is 28.5 Å². The fourth-order valence-corrected chi connectivity index (χ4v) is 4.33. The number of amides is 1. The summed E-state index contributed by atoms with van der Waals surface area (Å²) in [6, 6.07) is 16.5. The maximum Gasteiger partial charge on any atom is 0.300 e. The van der Waals surface area contributed by atoms with E-state index in [1.165, 1.54) is 11.0 Å². The largest absolute Gasteiger partial charge is 0.507 e. The Kier molecular flexibility index (Phi) is 6.16. The van der Waals surface area contributed by atoms with E-state index in [0.717, 1.165) is 16.7 Å². The molecule has 34 heavy (non-hydrogen) atoms. The van der Waals surface area contributed by atoms with E-state index < -0.39 is 17.7 Å². The van der Waals surface area contributed by atoms with Crippen molar-refractivity contribution in [3.8, 4) is 11.5 Å². The number of benzene rings is 3. The molecular formula is C28H27NO5. The van der Waals surface area contributed by atoms with Gasteiger partial charge >= 0.3 is 0 Å². The van der Waals surface area contributed by atoms with Gasteiger partial charge in [-0.05, 0) is 74.7 Å². The van der Waals surface area contributed by atoms with E-state index in [0.29, 0.717) is 23.5 Å². The number of carbonyl (C=O) groups is 2. The normalized spacial score (nSPS) is 17.3. The Labute approximate surface area is 198 Å². The van der Waals surface area contributed by atoms with E-state index in [4.69, 9.17) is 4.74 Å². The third-order valence-electron chi connectivity index (χ3n) is 5.94. The highest BCUT2D eigenvalue weighted by atomic mass is 16.5. The Bertz CT molecular complexity index is 1320. The van der Waals surface area contributed by atoms with Crippen molar-refractivity contribution in [1.29, 1.82) is 0 Å². The summed E-state index contributed by atoms with van der Waals surface area (Å²) >= 11 is 0. The highest BCUT2D eigenvalue weighted by molar-refractivity contribution is 6.52. The number of Topliss-reactive ketones (excluding diaryl/α,β-unsaturated/α-hetero) is 1. The number of ether oxygens (including phenoxy) is 1. The third-order valence-corrected chi connectivity index (χ3v) is 5.94. The number of nitrogens with zero attached hydrogens (tertiary/aromatic N) is 1. The smallest absolute Gasteiger partial charge is 0.300 e. The number of hydrogen-bond donors (Lipinski definition) is 2. The molecule has 0 radical (unpaired) electrons. The van der Waals surface area contributed by atoms with Crippen molar-refractivity contribution in [3.63, 3.8) is 0 Å². The van der Waals surface area contributed by atoms with Crippen LogP contribution >= 0.6 is 0 Å². The number of ketones is 1. The molecule has 0 saturated carbocycles. The van der Waals surface area contributed by atoms with Crippen LogP contribution in [0.1, 0.15) is 40.8 Å². The van der Waals surface area contributed by atoms with Gasteiger partial charge in [-0.3, -0.25) is 14.5 Å². The molecule has 1 fully saturated rings. The van der Waals surface area contributed by atoms with E-state index in [2.05, 4.69) is 0 Å². The molecule has 2 N–H and O–H groups in total. The molecule has 4 rings (SSSR count). The number of carbonyl (C=O) groups excluding carboxylic acids is 2. The highest BCUT2D eigenvalue weighted by Gasteiger charge is 2.47. The Hall–Kier alpha value is -4.06. The van der Waals surface area contributed by atoms with Gasteiger partial charge in [0.15, 0.2) is 0 Å². The van der Waals surface area contributed by atoms with Crippen LogP contribution in [0.25, 0.3) is 5.76 Å². The van der Waals surface area contributed by atoms with Crippen molar-refractivity contribution in [3.05, 3.63) is 94.1 Å². The molecule has 3 aromatic carbocycles.